The van der Waals surface area contributed by atoms with Crippen molar-refractivity contribution in [1.29, 1.82) is 0 Å². The highest BCUT2D eigenvalue weighted by Crippen LogP contribution is 2.14. The number of hydrogen-bond acceptors (Lipinski definition) is 7. The predicted molar refractivity (Wildman–Crippen MR) is 136 cm³/mol. The van der Waals surface area contributed by atoms with Gasteiger partial charge in [-0.05, 0) is 38.1 Å². The summed E-state index contributed by atoms with van der Waals surface area (Å²) in [4.78, 5) is 60.9. The van der Waals surface area contributed by atoms with Crippen LogP contribution in [0.2, 0.25) is 0 Å². The van der Waals surface area contributed by atoms with E-state index in [2.05, 4.69) is 5.32 Å². The summed E-state index contributed by atoms with van der Waals surface area (Å²) in [5.41, 5.74) is 2.53. The van der Waals surface area contributed by atoms with Gasteiger partial charge in [0, 0.05) is 23.2 Å². The fourth-order valence-corrected chi connectivity index (χ4v) is 3.29. The zero-order valence-electron chi connectivity index (χ0n) is 20.6. The molecule has 3 rings (SSSR count). The second kappa shape index (κ2) is 12.9. The number of carbonyl (C=O) groups excluding carboxylic acids is 5. The Hall–Kier alpha value is -4.59. The number of aryl methyl sites for hydroxylation is 1. The number of amides is 1. The average molecular weight is 502 g/mol. The molecule has 0 aliphatic carbocycles. The van der Waals surface area contributed by atoms with Gasteiger partial charge in [-0.1, -0.05) is 60.2 Å². The van der Waals surface area contributed by atoms with E-state index in [9.17, 15) is 24.0 Å². The number of esters is 2. The SMILES string of the molecule is Cc1ccc(C(=O)COC(=O)CCC(=O)Nc2ccc(C(=O)O[C@H](C)C(=O)c3ccccc3)cc2)cc1. The van der Waals surface area contributed by atoms with Crippen molar-refractivity contribution < 1.29 is 33.4 Å². The number of ether oxygens (including phenoxy) is 2. The van der Waals surface area contributed by atoms with Gasteiger partial charge in [-0.2, -0.15) is 0 Å². The normalized spacial score (nSPS) is 11.2. The molecule has 8 heteroatoms. The van der Waals surface area contributed by atoms with Crippen LogP contribution < -0.4 is 5.32 Å². The molecule has 0 fully saturated rings. The maximum atomic E-state index is 12.4. The van der Waals surface area contributed by atoms with Crippen molar-refractivity contribution in [2.24, 2.45) is 0 Å². The molecule has 3 aromatic carbocycles. The van der Waals surface area contributed by atoms with Crippen LogP contribution in [0.5, 0.6) is 0 Å². The van der Waals surface area contributed by atoms with Crippen LogP contribution in [0.25, 0.3) is 0 Å². The minimum absolute atomic E-state index is 0.138. The lowest BCUT2D eigenvalue weighted by molar-refractivity contribution is -0.143. The minimum atomic E-state index is -0.957. The predicted octanol–water partition coefficient (Wildman–Crippen LogP) is 4.57. The molecule has 1 amide bonds. The number of rotatable bonds is 11. The van der Waals surface area contributed by atoms with Crippen LogP contribution in [-0.4, -0.2) is 42.1 Å². The van der Waals surface area contributed by atoms with Gasteiger partial charge in [0.05, 0.1) is 12.0 Å². The van der Waals surface area contributed by atoms with E-state index in [0.29, 0.717) is 16.8 Å². The highest BCUT2D eigenvalue weighted by molar-refractivity contribution is 6.01. The molecule has 0 saturated carbocycles. The van der Waals surface area contributed by atoms with E-state index in [4.69, 9.17) is 9.47 Å². The average Bonchev–Trinajstić information content (AvgIpc) is 2.91. The molecule has 0 bridgehead atoms. The first-order valence-corrected chi connectivity index (χ1v) is 11.7. The molecule has 190 valence electrons. The zero-order chi connectivity index (χ0) is 26.8. The van der Waals surface area contributed by atoms with Gasteiger partial charge in [0.25, 0.3) is 0 Å². The van der Waals surface area contributed by atoms with Crippen molar-refractivity contribution in [1.82, 2.24) is 0 Å². The van der Waals surface area contributed by atoms with Crippen molar-refractivity contribution in [3.05, 3.63) is 101 Å². The Labute approximate surface area is 214 Å². The third-order valence-electron chi connectivity index (χ3n) is 5.41. The molecule has 0 aliphatic heterocycles. The Kier molecular flexibility index (Phi) is 9.43. The van der Waals surface area contributed by atoms with Crippen LogP contribution in [0, 0.1) is 6.92 Å². The molecule has 37 heavy (non-hydrogen) atoms. The third kappa shape index (κ3) is 8.24. The van der Waals surface area contributed by atoms with Gasteiger partial charge in [-0.15, -0.1) is 0 Å². The Morgan fingerprint density at radius 1 is 0.757 bits per heavy atom. The van der Waals surface area contributed by atoms with Crippen molar-refractivity contribution >= 4 is 35.1 Å². The molecule has 1 N–H and O–H groups in total. The summed E-state index contributed by atoms with van der Waals surface area (Å²) in [6.07, 6.45) is -1.29. The maximum Gasteiger partial charge on any atom is 0.338 e. The van der Waals surface area contributed by atoms with E-state index in [1.807, 2.05) is 6.92 Å². The molecule has 0 aromatic heterocycles. The van der Waals surface area contributed by atoms with Crippen molar-refractivity contribution in [3.63, 3.8) is 0 Å². The highest BCUT2D eigenvalue weighted by Gasteiger charge is 2.20. The lowest BCUT2D eigenvalue weighted by Crippen LogP contribution is -2.24. The number of hydrogen-bond donors (Lipinski definition) is 1. The monoisotopic (exact) mass is 501 g/mol. The maximum absolute atomic E-state index is 12.4. The van der Waals surface area contributed by atoms with Crippen LogP contribution in [0.3, 0.4) is 0 Å². The molecule has 0 radical (unpaired) electrons. The molecule has 1 atom stereocenters. The lowest BCUT2D eigenvalue weighted by Gasteiger charge is -2.12. The molecule has 0 saturated heterocycles. The molecule has 0 spiro atoms. The van der Waals surface area contributed by atoms with Crippen LogP contribution in [0.1, 0.15) is 56.4 Å². The van der Waals surface area contributed by atoms with Crippen LogP contribution in [-0.2, 0) is 19.1 Å². The third-order valence-corrected chi connectivity index (χ3v) is 5.41. The van der Waals surface area contributed by atoms with Crippen molar-refractivity contribution in [2.45, 2.75) is 32.8 Å². The van der Waals surface area contributed by atoms with Gasteiger partial charge >= 0.3 is 11.9 Å². The summed E-state index contributed by atoms with van der Waals surface area (Å²) in [5, 5.41) is 2.62. The zero-order valence-corrected chi connectivity index (χ0v) is 20.6. The quantitative estimate of drug-likeness (QED) is 0.302. The van der Waals surface area contributed by atoms with Crippen LogP contribution in [0.15, 0.2) is 78.9 Å². The van der Waals surface area contributed by atoms with E-state index in [1.165, 1.54) is 31.2 Å². The largest absolute Gasteiger partial charge is 0.457 e. The van der Waals surface area contributed by atoms with Gasteiger partial charge in [0.15, 0.2) is 18.5 Å². The van der Waals surface area contributed by atoms with E-state index < -0.39 is 30.6 Å². The Morgan fingerprint density at radius 3 is 2.03 bits per heavy atom. The summed E-state index contributed by atoms with van der Waals surface area (Å²) >= 11 is 0. The highest BCUT2D eigenvalue weighted by atomic mass is 16.5. The summed E-state index contributed by atoms with van der Waals surface area (Å²) in [7, 11) is 0. The van der Waals surface area contributed by atoms with Crippen molar-refractivity contribution in [3.8, 4) is 0 Å². The van der Waals surface area contributed by atoms with Crippen LogP contribution in [0.4, 0.5) is 5.69 Å². The molecule has 0 heterocycles. The van der Waals surface area contributed by atoms with E-state index in [-0.39, 0.29) is 30.0 Å². The first kappa shape index (κ1) is 27.0. The van der Waals surface area contributed by atoms with Gasteiger partial charge in [-0.3, -0.25) is 19.2 Å². The summed E-state index contributed by atoms with van der Waals surface area (Å²) in [6.45, 7) is 3.02. The topological polar surface area (TPSA) is 116 Å². The van der Waals surface area contributed by atoms with E-state index in [1.54, 1.807) is 54.6 Å². The van der Waals surface area contributed by atoms with Crippen molar-refractivity contribution in [2.75, 3.05) is 11.9 Å². The lowest BCUT2D eigenvalue weighted by atomic mass is 10.1. The number of carbonyl (C=O) groups is 5. The van der Waals surface area contributed by atoms with Gasteiger partial charge in [-0.25, -0.2) is 4.79 Å². The second-order valence-corrected chi connectivity index (χ2v) is 8.35. The molecular weight excluding hydrogens is 474 g/mol. The number of Topliss-reactive ketones (excluding diaryl/α,β-unsaturated/α-hetero) is 2. The Bertz CT molecular complexity index is 1270. The fourth-order valence-electron chi connectivity index (χ4n) is 3.29. The fraction of sp³-hybridized carbons (Fsp3) is 0.207. The molecule has 8 nitrogen and oxygen atoms in total. The summed E-state index contributed by atoms with van der Waals surface area (Å²) in [6, 6.07) is 21.4. The second-order valence-electron chi connectivity index (χ2n) is 8.35. The number of nitrogens with one attached hydrogen (secondary N) is 1. The minimum Gasteiger partial charge on any atom is -0.457 e. The smallest absolute Gasteiger partial charge is 0.338 e. The number of ketones is 2. The van der Waals surface area contributed by atoms with Crippen LogP contribution >= 0.6 is 0 Å². The summed E-state index contributed by atoms with van der Waals surface area (Å²) in [5.74, 6) is -2.39. The molecular formula is C29H27NO7. The number of benzene rings is 3. The molecule has 0 unspecified atom stereocenters. The van der Waals surface area contributed by atoms with Gasteiger partial charge in [0.2, 0.25) is 11.7 Å². The Balaban J connectivity index is 1.41. The first-order valence-electron chi connectivity index (χ1n) is 11.7. The molecule has 3 aromatic rings. The van der Waals surface area contributed by atoms with E-state index in [0.717, 1.165) is 5.56 Å². The summed E-state index contributed by atoms with van der Waals surface area (Å²) < 4.78 is 10.2. The first-order chi connectivity index (χ1) is 17.7. The number of anilines is 1. The van der Waals surface area contributed by atoms with E-state index >= 15 is 0 Å². The Morgan fingerprint density at radius 2 is 1.38 bits per heavy atom. The van der Waals surface area contributed by atoms with Gasteiger partial charge in [0.1, 0.15) is 0 Å². The van der Waals surface area contributed by atoms with Gasteiger partial charge < -0.3 is 14.8 Å². The standard InChI is InChI=1S/C29H27NO7/c1-19-8-10-21(11-9-19)25(31)18-36-27(33)17-16-26(32)30-24-14-12-23(13-15-24)29(35)37-20(2)28(34)22-6-4-3-5-7-22/h3-15,20H,16-18H2,1-2H3,(H,30,32)/t20-/m1/s1. The molecule has 0 aliphatic rings.